The summed E-state index contributed by atoms with van der Waals surface area (Å²) < 4.78 is 40.3. The van der Waals surface area contributed by atoms with Crippen molar-refractivity contribution in [2.75, 3.05) is 26.7 Å². The smallest absolute Gasteiger partial charge is 0.370 e. The fourth-order valence-corrected chi connectivity index (χ4v) is 10.5. The van der Waals surface area contributed by atoms with Gasteiger partial charge < -0.3 is 51.2 Å². The van der Waals surface area contributed by atoms with Crippen molar-refractivity contribution in [3.8, 4) is 11.8 Å². The van der Waals surface area contributed by atoms with E-state index in [0.29, 0.717) is 50.8 Å². The first kappa shape index (κ1) is 54.2. The van der Waals surface area contributed by atoms with Gasteiger partial charge in [-0.3, -0.25) is 48.2 Å². The number of H-pyrrole nitrogens is 1. The second kappa shape index (κ2) is 23.6. The number of likely N-dealkylation sites (N-methyl/N-ethyl adjacent to an activating group) is 1. The molecule has 9 N–H and O–H groups in total. The van der Waals surface area contributed by atoms with Crippen molar-refractivity contribution in [3.05, 3.63) is 70.4 Å². The highest BCUT2D eigenvalue weighted by atomic mass is 31.2. The third-order valence-corrected chi connectivity index (χ3v) is 15.0. The second-order valence-electron chi connectivity index (χ2n) is 19.3. The average molecular weight is 1030 g/mol. The van der Waals surface area contributed by atoms with E-state index < -0.39 is 78.4 Å². The number of hydrogen-bond donors (Lipinski definition) is 8. The molecule has 7 rings (SSSR count). The Morgan fingerprint density at radius 3 is 2.42 bits per heavy atom. The first-order valence-corrected chi connectivity index (χ1v) is 26.3. The van der Waals surface area contributed by atoms with E-state index in [9.17, 15) is 61.5 Å². The zero-order chi connectivity index (χ0) is 52.6. The van der Waals surface area contributed by atoms with Crippen LogP contribution in [-0.2, 0) is 45.5 Å². The van der Waals surface area contributed by atoms with Gasteiger partial charge in [0.25, 0.3) is 11.8 Å². The Balaban J connectivity index is 0.849. The maximum Gasteiger partial charge on any atom is 0.399 e. The van der Waals surface area contributed by atoms with Gasteiger partial charge in [-0.2, -0.15) is 8.78 Å². The minimum absolute atomic E-state index is 0.0653. The van der Waals surface area contributed by atoms with Crippen LogP contribution in [0.1, 0.15) is 134 Å². The molecule has 3 fully saturated rings. The van der Waals surface area contributed by atoms with Crippen LogP contribution >= 0.6 is 7.60 Å². The van der Waals surface area contributed by atoms with Crippen molar-refractivity contribution in [3.63, 3.8) is 0 Å². The molecule has 8 amide bonds. The lowest BCUT2D eigenvalue weighted by Crippen LogP contribution is -2.61. The molecular formula is C50H62F2N9O11P. The fraction of sp³-hybridized carbons (Fsp3) is 0.520. The molecule has 4 aliphatic rings. The highest BCUT2D eigenvalue weighted by Crippen LogP contribution is 2.59. The molecule has 3 saturated heterocycles. The van der Waals surface area contributed by atoms with Gasteiger partial charge in [-0.25, -0.2) is 0 Å². The largest absolute Gasteiger partial charge is 0.399 e. The maximum atomic E-state index is 14.4. The quantitative estimate of drug-likeness (QED) is 0.0351. The van der Waals surface area contributed by atoms with Crippen LogP contribution in [0.15, 0.2) is 42.5 Å². The Morgan fingerprint density at radius 2 is 1.70 bits per heavy atom. The molecule has 1 aromatic heterocycles. The Kier molecular flexibility index (Phi) is 17.5. The van der Waals surface area contributed by atoms with E-state index in [-0.39, 0.29) is 73.2 Å². The molecule has 23 heteroatoms. The summed E-state index contributed by atoms with van der Waals surface area (Å²) in [7, 11) is -4.07. The summed E-state index contributed by atoms with van der Waals surface area (Å²) in [5, 5.41) is 10.7. The van der Waals surface area contributed by atoms with Gasteiger partial charge in [0, 0.05) is 72.5 Å². The Bertz CT molecular complexity index is 2750. The number of primary amides is 1. The van der Waals surface area contributed by atoms with E-state index >= 15 is 0 Å². The number of nitrogens with one attached hydrogen (secondary N) is 5. The Morgan fingerprint density at radius 1 is 0.959 bits per heavy atom. The average Bonchev–Trinajstić information content (AvgIpc) is 4.06. The normalized spacial score (nSPS) is 20.8. The molecule has 0 saturated carbocycles. The molecule has 0 spiro atoms. The number of imide groups is 1. The first-order chi connectivity index (χ1) is 34.7. The highest BCUT2D eigenvalue weighted by molar-refractivity contribution is 7.52. The lowest BCUT2D eigenvalue weighted by Gasteiger charge is -2.37. The number of carbonyl (C=O) groups excluding carboxylic acids is 8. The van der Waals surface area contributed by atoms with Gasteiger partial charge >= 0.3 is 13.3 Å². The van der Waals surface area contributed by atoms with Crippen molar-refractivity contribution in [2.24, 2.45) is 5.73 Å². The molecule has 5 atom stereocenters. The van der Waals surface area contributed by atoms with Gasteiger partial charge in [0.1, 0.15) is 29.9 Å². The number of nitrogens with two attached hydrogens (primary N) is 1. The SMILES string of the molecule is CN1CC[C@H]2CC[C@@H](C(=O)N[C@@H](CCC(N)=O)C(=O)NCCCCCCCCCC#Cc3cccc4c3CN(C3CCC(=O)NC3=O)C4=O)N2C(=O)[C@@H](NC(=O)c2cc3cc(C(F)(F)P(=O)(O)O)ccc3[nH]2)C1. The predicted molar refractivity (Wildman–Crippen MR) is 261 cm³/mol. The number of alkyl halides is 2. The molecular weight excluding hydrogens is 972 g/mol. The number of unbranched alkanes of at least 4 members (excludes halogenated alkanes) is 7. The second-order valence-corrected chi connectivity index (χ2v) is 20.9. The first-order valence-electron chi connectivity index (χ1n) is 24.7. The molecule has 2 aromatic carbocycles. The number of rotatable bonds is 20. The van der Waals surface area contributed by atoms with Crippen molar-refractivity contribution < 1.29 is 61.5 Å². The van der Waals surface area contributed by atoms with Crippen molar-refractivity contribution in [2.45, 2.75) is 139 Å². The number of piperidine rings is 1. The number of aromatic nitrogens is 1. The molecule has 0 radical (unpaired) electrons. The number of hydrogen-bond acceptors (Lipinski definition) is 10. The number of halogens is 2. The van der Waals surface area contributed by atoms with Gasteiger partial charge in [-0.15, -0.1) is 0 Å². The van der Waals surface area contributed by atoms with E-state index in [4.69, 9.17) is 5.73 Å². The van der Waals surface area contributed by atoms with Gasteiger partial charge in [0.05, 0.1) is 0 Å². The topological polar surface area (TPSA) is 294 Å². The van der Waals surface area contributed by atoms with E-state index in [2.05, 4.69) is 38.1 Å². The van der Waals surface area contributed by atoms with Gasteiger partial charge in [-0.05, 0) is 94.4 Å². The Labute approximate surface area is 420 Å². The molecule has 1 unspecified atom stereocenters. The summed E-state index contributed by atoms with van der Waals surface area (Å²) in [5.41, 5.74) is 2.22. The predicted octanol–water partition coefficient (Wildman–Crippen LogP) is 2.99. The number of benzene rings is 2. The number of carbonyl (C=O) groups is 8. The van der Waals surface area contributed by atoms with Crippen LogP contribution in [0.25, 0.3) is 10.9 Å². The van der Waals surface area contributed by atoms with E-state index in [0.717, 1.165) is 67.9 Å². The Hall–Kier alpha value is -6.53. The van der Waals surface area contributed by atoms with E-state index in [1.54, 1.807) is 19.2 Å². The number of nitrogens with zero attached hydrogens (tertiary/aromatic N) is 3. The van der Waals surface area contributed by atoms with E-state index in [1.807, 2.05) is 11.0 Å². The van der Waals surface area contributed by atoms with Crippen LogP contribution < -0.4 is 27.0 Å². The van der Waals surface area contributed by atoms with E-state index in [1.165, 1.54) is 15.9 Å². The molecule has 4 aliphatic heterocycles. The van der Waals surface area contributed by atoms with Crippen molar-refractivity contribution in [1.29, 1.82) is 0 Å². The zero-order valence-electron chi connectivity index (χ0n) is 40.6. The number of fused-ring (bicyclic) bond motifs is 3. The minimum atomic E-state index is -5.85. The van der Waals surface area contributed by atoms with Crippen LogP contribution in [0.4, 0.5) is 8.78 Å². The van der Waals surface area contributed by atoms with Crippen LogP contribution in [0.5, 0.6) is 0 Å². The molecule has 0 aliphatic carbocycles. The summed E-state index contributed by atoms with van der Waals surface area (Å²) in [4.78, 5) is 130. The lowest BCUT2D eigenvalue weighted by molar-refractivity contribution is -0.144. The van der Waals surface area contributed by atoms with Crippen LogP contribution in [0, 0.1) is 11.8 Å². The minimum Gasteiger partial charge on any atom is -0.370 e. The highest BCUT2D eigenvalue weighted by Gasteiger charge is 2.51. The molecule has 73 heavy (non-hydrogen) atoms. The summed E-state index contributed by atoms with van der Waals surface area (Å²) >= 11 is 0. The van der Waals surface area contributed by atoms with Crippen molar-refractivity contribution in [1.82, 2.24) is 41.0 Å². The number of amides is 8. The monoisotopic (exact) mass is 1030 g/mol. The van der Waals surface area contributed by atoms with Gasteiger partial charge in [0.15, 0.2) is 0 Å². The van der Waals surface area contributed by atoms with Gasteiger partial charge in [-0.1, -0.05) is 56.1 Å². The van der Waals surface area contributed by atoms with Crippen LogP contribution in [0.2, 0.25) is 0 Å². The van der Waals surface area contributed by atoms with Gasteiger partial charge in [0.2, 0.25) is 35.4 Å². The third kappa shape index (κ3) is 13.0. The molecule has 3 aromatic rings. The lowest BCUT2D eigenvalue weighted by atomic mass is 10.0. The zero-order valence-corrected chi connectivity index (χ0v) is 41.4. The molecule has 0 bridgehead atoms. The number of aromatic amines is 1. The molecule has 20 nitrogen and oxygen atoms in total. The summed E-state index contributed by atoms with van der Waals surface area (Å²) in [5.74, 6) is 2.35. The van der Waals surface area contributed by atoms with Crippen LogP contribution in [0.3, 0.4) is 0 Å². The molecule has 392 valence electrons. The fourth-order valence-electron chi connectivity index (χ4n) is 9.98. The molecule has 5 heterocycles. The standard InChI is InChI=1S/C50H62F2N9O11P/c1-59-25-23-33-16-19-41(61(33)49(69)39(29-59)57-45(65)38-27-31-26-32(15-17-36(31)55-38)50(51,52)73(70,71)72)47(67)56-37(18-21-42(53)62)44(64)54-24-10-8-6-4-2-3-5-7-9-12-30-13-11-14-34-35(30)28-60(48(34)68)40-20-22-43(63)58-46(40)66/h11,13-15,17,26-27,33,37,39-41,55H,2-8,10,16,18-25,28-29H2,1H3,(H2,53,62)(H,54,64)(H,56,67)(H,57,65)(H,58,63,66)(H2,70,71,72)/t33-,37+,39+,40?,41+/m1/s1. The summed E-state index contributed by atoms with van der Waals surface area (Å²) in [6.07, 6.45) is 8.53. The maximum absolute atomic E-state index is 14.4. The van der Waals surface area contributed by atoms with Crippen molar-refractivity contribution >= 4 is 65.8 Å². The van der Waals surface area contributed by atoms with Crippen LogP contribution in [-0.4, -0.2) is 134 Å². The summed E-state index contributed by atoms with van der Waals surface area (Å²) in [6.45, 7) is 1.20. The summed E-state index contributed by atoms with van der Waals surface area (Å²) in [6, 6.07) is 5.17. The third-order valence-electron chi connectivity index (χ3n) is 14.0.